The Kier molecular flexibility index (Phi) is 46.5. The minimum absolute atomic E-state index is 0.0107. The van der Waals surface area contributed by atoms with Gasteiger partial charge >= 0.3 is 0 Å². The number of aliphatic hydroxyl groups excluding tert-OH is 1. The minimum atomic E-state index is -4.56. The molecule has 3 atom stereocenters. The van der Waals surface area contributed by atoms with E-state index < -0.39 is 20.0 Å². The summed E-state index contributed by atoms with van der Waals surface area (Å²) in [5.41, 5.74) is 0. The maximum Gasteiger partial charge on any atom is 0.268 e. The van der Waals surface area contributed by atoms with Crippen LogP contribution in [0.15, 0.2) is 72.9 Å². The highest BCUT2D eigenvalue weighted by atomic mass is 31.2. The Morgan fingerprint density at radius 3 is 1.35 bits per heavy atom. The van der Waals surface area contributed by atoms with Gasteiger partial charge < -0.3 is 28.8 Å². The molecule has 0 fully saturated rings. The van der Waals surface area contributed by atoms with Gasteiger partial charge in [0.05, 0.1) is 39.9 Å². The van der Waals surface area contributed by atoms with Gasteiger partial charge in [0.25, 0.3) is 7.82 Å². The number of allylic oxidation sites excluding steroid dienone is 12. The molecule has 0 aromatic carbocycles. The summed E-state index contributed by atoms with van der Waals surface area (Å²) < 4.78 is 23.3. The molecule has 9 heteroatoms. The zero-order valence-electron chi connectivity index (χ0n) is 43.6. The topological polar surface area (TPSA) is 108 Å². The third-order valence-electron chi connectivity index (χ3n) is 12.0. The van der Waals surface area contributed by atoms with Gasteiger partial charge in [-0.15, -0.1) is 0 Å². The number of unbranched alkanes of at least 4 members (excludes halogenated alkanes) is 24. The number of amides is 1. The van der Waals surface area contributed by atoms with E-state index in [2.05, 4.69) is 92.1 Å². The lowest BCUT2D eigenvalue weighted by Gasteiger charge is -2.30. The first-order valence-corrected chi connectivity index (χ1v) is 28.7. The van der Waals surface area contributed by atoms with Crippen LogP contribution in [0.1, 0.15) is 232 Å². The van der Waals surface area contributed by atoms with E-state index >= 15 is 0 Å². The van der Waals surface area contributed by atoms with E-state index in [9.17, 15) is 19.4 Å². The summed E-state index contributed by atoms with van der Waals surface area (Å²) in [5, 5.41) is 13.9. The van der Waals surface area contributed by atoms with Crippen LogP contribution in [-0.2, 0) is 18.4 Å². The molecule has 0 aromatic heterocycles. The molecule has 0 heterocycles. The SMILES string of the molecule is CC/C=C\C/C=C\C/C=C\C/C=C\C/C=C\C/C=C\CCCCCCCCCCCCCCCCCCC(=O)NC(COP(=O)([O-])OCC[N+](C)(C)C)C(O)CCCCCCCCCCC. The Morgan fingerprint density at radius 2 is 0.924 bits per heavy atom. The molecule has 0 rings (SSSR count). The maximum absolute atomic E-state index is 12.9. The molecule has 66 heavy (non-hydrogen) atoms. The van der Waals surface area contributed by atoms with Crippen molar-refractivity contribution in [3.8, 4) is 0 Å². The second-order valence-electron chi connectivity index (χ2n) is 19.6. The number of phosphoric ester groups is 1. The van der Waals surface area contributed by atoms with Gasteiger partial charge in [-0.25, -0.2) is 0 Å². The van der Waals surface area contributed by atoms with Gasteiger partial charge in [-0.05, 0) is 64.2 Å². The molecule has 3 unspecified atom stereocenters. The third kappa shape index (κ3) is 49.8. The standard InChI is InChI=1S/C57H105N2O6P/c1-6-8-10-12-14-16-17-18-19-20-21-22-23-24-25-26-27-28-29-30-31-32-33-34-35-36-37-38-39-40-41-43-45-47-49-51-57(61)58-55(54-65-66(62,63)64-53-52-59(3,4)5)56(60)50-48-46-44-42-15-13-11-9-7-2/h8,10,14,16,18-19,21-22,24-25,27-28,55-56,60H,6-7,9,11-13,15,17,20,23,26,29-54H2,1-5H3,(H-,58,61,62,63)/b10-8-,16-14-,19-18-,22-21-,25-24-,28-27-. The van der Waals surface area contributed by atoms with Crippen LogP contribution in [0.5, 0.6) is 0 Å². The predicted molar refractivity (Wildman–Crippen MR) is 284 cm³/mol. The summed E-state index contributed by atoms with van der Waals surface area (Å²) in [6.07, 6.45) is 65.2. The van der Waals surface area contributed by atoms with Crippen molar-refractivity contribution in [1.29, 1.82) is 0 Å². The van der Waals surface area contributed by atoms with Crippen molar-refractivity contribution in [2.24, 2.45) is 0 Å². The second kappa shape index (κ2) is 48.0. The van der Waals surface area contributed by atoms with Crippen LogP contribution in [0.25, 0.3) is 0 Å². The number of nitrogens with zero attached hydrogens (tertiary/aromatic N) is 1. The normalized spacial score (nSPS) is 14.6. The van der Waals surface area contributed by atoms with Gasteiger partial charge in [0.1, 0.15) is 13.2 Å². The van der Waals surface area contributed by atoms with Crippen molar-refractivity contribution in [3.05, 3.63) is 72.9 Å². The molecule has 2 N–H and O–H groups in total. The smallest absolute Gasteiger partial charge is 0.268 e. The number of nitrogens with one attached hydrogen (secondary N) is 1. The molecule has 0 bridgehead atoms. The molecule has 0 saturated heterocycles. The van der Waals surface area contributed by atoms with Crippen molar-refractivity contribution < 1.29 is 32.9 Å². The largest absolute Gasteiger partial charge is 0.756 e. The summed E-state index contributed by atoms with van der Waals surface area (Å²) in [6, 6.07) is -0.800. The molecule has 1 amide bonds. The first-order chi connectivity index (χ1) is 32.0. The molecule has 8 nitrogen and oxygen atoms in total. The Morgan fingerprint density at radius 1 is 0.545 bits per heavy atom. The zero-order chi connectivity index (χ0) is 48.5. The number of rotatable bonds is 49. The van der Waals surface area contributed by atoms with Crippen LogP contribution in [0, 0.1) is 0 Å². The van der Waals surface area contributed by atoms with E-state index in [1.807, 2.05) is 21.1 Å². The minimum Gasteiger partial charge on any atom is -0.756 e. The highest BCUT2D eigenvalue weighted by Gasteiger charge is 2.24. The van der Waals surface area contributed by atoms with E-state index in [0.29, 0.717) is 23.9 Å². The quantitative estimate of drug-likeness (QED) is 0.0272. The van der Waals surface area contributed by atoms with Gasteiger partial charge in [0, 0.05) is 6.42 Å². The van der Waals surface area contributed by atoms with Gasteiger partial charge in [0.2, 0.25) is 5.91 Å². The lowest BCUT2D eigenvalue weighted by molar-refractivity contribution is -0.870. The Bertz CT molecular complexity index is 1300. The number of likely N-dealkylation sites (N-methyl/N-ethyl adjacent to an activating group) is 1. The summed E-state index contributed by atoms with van der Waals surface area (Å²) >= 11 is 0. The maximum atomic E-state index is 12.9. The number of carbonyl (C=O) groups is 1. The fourth-order valence-corrected chi connectivity index (χ4v) is 8.41. The van der Waals surface area contributed by atoms with Gasteiger partial charge in [-0.2, -0.15) is 0 Å². The lowest BCUT2D eigenvalue weighted by Crippen LogP contribution is -2.46. The summed E-state index contributed by atoms with van der Waals surface area (Å²) in [6.45, 7) is 4.58. The number of hydrogen-bond donors (Lipinski definition) is 2. The van der Waals surface area contributed by atoms with Crippen molar-refractivity contribution in [3.63, 3.8) is 0 Å². The van der Waals surface area contributed by atoms with Crippen LogP contribution < -0.4 is 10.2 Å². The first kappa shape index (κ1) is 63.9. The van der Waals surface area contributed by atoms with E-state index in [1.165, 1.54) is 128 Å². The average Bonchev–Trinajstić information content (AvgIpc) is 3.28. The van der Waals surface area contributed by atoms with Crippen molar-refractivity contribution in [2.45, 2.75) is 244 Å². The molecule has 0 aromatic rings. The predicted octanol–water partition coefficient (Wildman–Crippen LogP) is 15.7. The molecular formula is C57H105N2O6P. The molecule has 0 aliphatic heterocycles. The molecule has 0 radical (unpaired) electrons. The van der Waals surface area contributed by atoms with Crippen LogP contribution >= 0.6 is 7.82 Å². The first-order valence-electron chi connectivity index (χ1n) is 27.3. The van der Waals surface area contributed by atoms with E-state index in [-0.39, 0.29) is 19.1 Å². The molecular weight excluding hydrogens is 840 g/mol. The van der Waals surface area contributed by atoms with Crippen LogP contribution in [-0.4, -0.2) is 68.5 Å². The Hall–Kier alpha value is -2.06. The summed E-state index contributed by atoms with van der Waals surface area (Å²) in [4.78, 5) is 25.4. The van der Waals surface area contributed by atoms with Crippen molar-refractivity contribution in [1.82, 2.24) is 5.32 Å². The average molecular weight is 945 g/mol. The van der Waals surface area contributed by atoms with Crippen molar-refractivity contribution >= 4 is 13.7 Å². The molecule has 0 spiro atoms. The molecule has 0 aliphatic rings. The van der Waals surface area contributed by atoms with E-state index in [4.69, 9.17) is 9.05 Å². The monoisotopic (exact) mass is 945 g/mol. The van der Waals surface area contributed by atoms with Gasteiger partial charge in [0.15, 0.2) is 0 Å². The second-order valence-corrected chi connectivity index (χ2v) is 21.0. The van der Waals surface area contributed by atoms with Crippen molar-refractivity contribution in [2.75, 3.05) is 40.9 Å². The van der Waals surface area contributed by atoms with Crippen LogP contribution in [0.2, 0.25) is 0 Å². The Balaban J connectivity index is 3.94. The van der Waals surface area contributed by atoms with E-state index in [0.717, 1.165) is 77.0 Å². The van der Waals surface area contributed by atoms with E-state index in [1.54, 1.807) is 0 Å². The molecule has 0 saturated carbocycles. The van der Waals surface area contributed by atoms with Crippen LogP contribution in [0.3, 0.4) is 0 Å². The number of hydrogen-bond acceptors (Lipinski definition) is 6. The third-order valence-corrected chi connectivity index (χ3v) is 12.9. The number of quaternary nitrogens is 1. The highest BCUT2D eigenvalue weighted by molar-refractivity contribution is 7.45. The fourth-order valence-electron chi connectivity index (χ4n) is 7.69. The number of aliphatic hydroxyl groups is 1. The number of carbonyl (C=O) groups excluding carboxylic acids is 1. The van der Waals surface area contributed by atoms with Gasteiger partial charge in [-0.1, -0.05) is 234 Å². The Labute approximate surface area is 408 Å². The zero-order valence-corrected chi connectivity index (χ0v) is 44.5. The summed E-state index contributed by atoms with van der Waals surface area (Å²) in [5.74, 6) is -0.168. The molecule has 384 valence electrons. The fraction of sp³-hybridized carbons (Fsp3) is 0.772. The van der Waals surface area contributed by atoms with Gasteiger partial charge in [-0.3, -0.25) is 9.36 Å². The lowest BCUT2D eigenvalue weighted by atomic mass is 10.0. The van der Waals surface area contributed by atoms with Crippen LogP contribution in [0.4, 0.5) is 0 Å². The summed E-state index contributed by atoms with van der Waals surface area (Å²) in [7, 11) is 1.30. The highest BCUT2D eigenvalue weighted by Crippen LogP contribution is 2.38. The number of phosphoric acid groups is 1. The molecule has 0 aliphatic carbocycles.